The predicted molar refractivity (Wildman–Crippen MR) is 115 cm³/mol. The van der Waals surface area contributed by atoms with Crippen LogP contribution >= 0.6 is 0 Å². The Balaban J connectivity index is 1.54. The standard InChI is InChI=1S/C21H22N8O2/c1-2-15(12-6-4-3-5-7-12)24-19-26-17-13(10-16-18(30)27-21(31)25-16)11-22-29(17)20(28-19)23-14-8-9-14/h3-7,10-11,14-15H,2,8-9H2,1H3,(H2,23,24,26,28)(H2,25,27,30,31)/b16-10-/t15-/m0/s1. The third-order valence-corrected chi connectivity index (χ3v) is 5.24. The first-order valence-electron chi connectivity index (χ1n) is 10.3. The Hall–Kier alpha value is -3.95. The third-order valence-electron chi connectivity index (χ3n) is 5.24. The van der Waals surface area contributed by atoms with Crippen molar-refractivity contribution >= 4 is 35.6 Å². The number of nitrogens with zero attached hydrogens (tertiary/aromatic N) is 4. The monoisotopic (exact) mass is 418 g/mol. The summed E-state index contributed by atoms with van der Waals surface area (Å²) in [7, 11) is 0. The number of urea groups is 1. The van der Waals surface area contributed by atoms with Crippen LogP contribution in [-0.4, -0.2) is 37.6 Å². The number of benzene rings is 1. The minimum absolute atomic E-state index is 0.0436. The summed E-state index contributed by atoms with van der Waals surface area (Å²) in [6, 6.07) is 10.0. The molecule has 2 fully saturated rings. The highest BCUT2D eigenvalue weighted by atomic mass is 16.2. The van der Waals surface area contributed by atoms with E-state index in [0.717, 1.165) is 24.8 Å². The molecule has 4 N–H and O–H groups in total. The number of rotatable bonds is 7. The minimum Gasteiger partial charge on any atom is -0.351 e. The summed E-state index contributed by atoms with van der Waals surface area (Å²) < 4.78 is 1.62. The second kappa shape index (κ2) is 7.71. The Labute approximate surface area is 178 Å². The van der Waals surface area contributed by atoms with E-state index in [1.807, 2.05) is 18.2 Å². The highest BCUT2D eigenvalue weighted by Gasteiger charge is 2.26. The molecule has 5 rings (SSSR count). The fourth-order valence-corrected chi connectivity index (χ4v) is 3.46. The van der Waals surface area contributed by atoms with E-state index in [2.05, 4.69) is 55.4 Å². The summed E-state index contributed by atoms with van der Waals surface area (Å²) in [6.45, 7) is 2.10. The average molecular weight is 418 g/mol. The Morgan fingerprint density at radius 2 is 2.00 bits per heavy atom. The molecule has 0 radical (unpaired) electrons. The molecule has 10 heteroatoms. The molecule has 1 saturated carbocycles. The Bertz CT molecular complexity index is 1180. The van der Waals surface area contributed by atoms with E-state index in [0.29, 0.717) is 29.1 Å². The zero-order valence-corrected chi connectivity index (χ0v) is 16.9. The van der Waals surface area contributed by atoms with Gasteiger partial charge in [-0.15, -0.1) is 0 Å². The SMILES string of the molecule is CC[C@H](Nc1nc(NC2CC2)n2ncc(/C=C3\NC(=O)NC3=O)c2n1)c1ccccc1. The van der Waals surface area contributed by atoms with Crippen LogP contribution in [0.15, 0.2) is 42.2 Å². The molecule has 0 bridgehead atoms. The van der Waals surface area contributed by atoms with E-state index in [4.69, 9.17) is 0 Å². The molecule has 1 aliphatic carbocycles. The van der Waals surface area contributed by atoms with Gasteiger partial charge in [-0.3, -0.25) is 10.1 Å². The molecular formula is C21H22N8O2. The van der Waals surface area contributed by atoms with Crippen LogP contribution < -0.4 is 21.3 Å². The van der Waals surface area contributed by atoms with Crippen molar-refractivity contribution in [2.45, 2.75) is 38.3 Å². The number of fused-ring (bicyclic) bond motifs is 1. The molecule has 0 unspecified atom stereocenters. The van der Waals surface area contributed by atoms with Gasteiger partial charge in [0.25, 0.3) is 5.91 Å². The van der Waals surface area contributed by atoms with Crippen molar-refractivity contribution in [1.29, 1.82) is 0 Å². The van der Waals surface area contributed by atoms with Crippen molar-refractivity contribution in [3.8, 4) is 0 Å². The molecule has 158 valence electrons. The fourth-order valence-electron chi connectivity index (χ4n) is 3.46. The zero-order valence-electron chi connectivity index (χ0n) is 16.9. The van der Waals surface area contributed by atoms with E-state index < -0.39 is 11.9 Å². The van der Waals surface area contributed by atoms with Crippen molar-refractivity contribution < 1.29 is 9.59 Å². The van der Waals surface area contributed by atoms with Gasteiger partial charge in [-0.2, -0.15) is 19.6 Å². The molecule has 1 aliphatic heterocycles. The normalized spacial score (nSPS) is 18.2. The summed E-state index contributed by atoms with van der Waals surface area (Å²) in [5.74, 6) is 0.567. The number of hydrogen-bond acceptors (Lipinski definition) is 7. The van der Waals surface area contributed by atoms with Crippen LogP contribution in [0, 0.1) is 0 Å². The third kappa shape index (κ3) is 3.91. The van der Waals surface area contributed by atoms with Crippen LogP contribution in [-0.2, 0) is 4.79 Å². The molecular weight excluding hydrogens is 396 g/mol. The van der Waals surface area contributed by atoms with Crippen LogP contribution in [0.25, 0.3) is 11.7 Å². The Morgan fingerprint density at radius 3 is 2.68 bits per heavy atom. The maximum absolute atomic E-state index is 11.9. The second-order valence-corrected chi connectivity index (χ2v) is 7.61. The first-order chi connectivity index (χ1) is 15.1. The summed E-state index contributed by atoms with van der Waals surface area (Å²) in [4.78, 5) is 32.7. The Morgan fingerprint density at radius 1 is 1.19 bits per heavy atom. The minimum atomic E-state index is -0.547. The van der Waals surface area contributed by atoms with Gasteiger partial charge < -0.3 is 16.0 Å². The second-order valence-electron chi connectivity index (χ2n) is 7.61. The molecule has 1 atom stereocenters. The summed E-state index contributed by atoms with van der Waals surface area (Å²) >= 11 is 0. The molecule has 3 amide bonds. The Kier molecular flexibility index (Phi) is 4.73. The largest absolute Gasteiger partial charge is 0.351 e. The highest BCUT2D eigenvalue weighted by Crippen LogP contribution is 2.27. The molecule has 3 heterocycles. The number of carbonyl (C=O) groups is 2. The van der Waals surface area contributed by atoms with Gasteiger partial charge >= 0.3 is 6.03 Å². The molecule has 2 aliphatic rings. The fraction of sp³-hybridized carbons (Fsp3) is 0.286. The van der Waals surface area contributed by atoms with Gasteiger partial charge in [-0.1, -0.05) is 37.3 Å². The van der Waals surface area contributed by atoms with Crippen molar-refractivity contribution in [2.75, 3.05) is 10.6 Å². The smallest absolute Gasteiger partial charge is 0.326 e. The van der Waals surface area contributed by atoms with Crippen LogP contribution in [0.5, 0.6) is 0 Å². The maximum Gasteiger partial charge on any atom is 0.326 e. The lowest BCUT2D eigenvalue weighted by Gasteiger charge is -2.18. The number of carbonyl (C=O) groups excluding carboxylic acids is 2. The van der Waals surface area contributed by atoms with Gasteiger partial charge in [0.1, 0.15) is 5.70 Å². The summed E-state index contributed by atoms with van der Waals surface area (Å²) in [5.41, 5.74) is 2.43. The van der Waals surface area contributed by atoms with Gasteiger partial charge in [0.05, 0.1) is 12.2 Å². The van der Waals surface area contributed by atoms with E-state index in [9.17, 15) is 9.59 Å². The number of nitrogens with one attached hydrogen (secondary N) is 4. The van der Waals surface area contributed by atoms with Gasteiger partial charge in [0, 0.05) is 11.6 Å². The predicted octanol–water partition coefficient (Wildman–Crippen LogP) is 2.44. The lowest BCUT2D eigenvalue weighted by atomic mass is 10.1. The van der Waals surface area contributed by atoms with Crippen molar-refractivity contribution in [1.82, 2.24) is 30.2 Å². The number of hydrogen-bond donors (Lipinski definition) is 4. The molecule has 2 aromatic heterocycles. The van der Waals surface area contributed by atoms with Crippen LogP contribution in [0.2, 0.25) is 0 Å². The van der Waals surface area contributed by atoms with Crippen molar-refractivity contribution in [3.63, 3.8) is 0 Å². The van der Waals surface area contributed by atoms with Gasteiger partial charge in [0.15, 0.2) is 5.65 Å². The lowest BCUT2D eigenvalue weighted by Crippen LogP contribution is -2.22. The van der Waals surface area contributed by atoms with E-state index in [1.165, 1.54) is 0 Å². The molecule has 31 heavy (non-hydrogen) atoms. The van der Waals surface area contributed by atoms with Gasteiger partial charge in [-0.25, -0.2) is 4.79 Å². The van der Waals surface area contributed by atoms with Crippen LogP contribution in [0.1, 0.15) is 43.4 Å². The number of amides is 3. The quantitative estimate of drug-likeness (QED) is 0.343. The number of anilines is 2. The maximum atomic E-state index is 11.9. The lowest BCUT2D eigenvalue weighted by molar-refractivity contribution is -0.115. The topological polar surface area (TPSA) is 125 Å². The summed E-state index contributed by atoms with van der Waals surface area (Å²) in [5, 5.41) is 15.9. The van der Waals surface area contributed by atoms with Gasteiger partial charge in [0.2, 0.25) is 11.9 Å². The van der Waals surface area contributed by atoms with E-state index >= 15 is 0 Å². The number of aromatic nitrogens is 4. The zero-order chi connectivity index (χ0) is 21.4. The van der Waals surface area contributed by atoms with E-state index in [1.54, 1.807) is 16.8 Å². The van der Waals surface area contributed by atoms with E-state index in [-0.39, 0.29) is 11.7 Å². The first kappa shape index (κ1) is 19.0. The molecule has 1 saturated heterocycles. The number of imide groups is 1. The van der Waals surface area contributed by atoms with Crippen molar-refractivity contribution in [3.05, 3.63) is 53.4 Å². The van der Waals surface area contributed by atoms with Crippen LogP contribution in [0.4, 0.5) is 16.7 Å². The van der Waals surface area contributed by atoms with Gasteiger partial charge in [-0.05, 0) is 30.9 Å². The average Bonchev–Trinajstić information content (AvgIpc) is 3.41. The highest BCUT2D eigenvalue weighted by molar-refractivity contribution is 6.14. The molecule has 1 aromatic carbocycles. The van der Waals surface area contributed by atoms with Crippen LogP contribution in [0.3, 0.4) is 0 Å². The molecule has 0 spiro atoms. The van der Waals surface area contributed by atoms with Crippen molar-refractivity contribution in [2.24, 2.45) is 0 Å². The molecule has 3 aromatic rings. The summed E-state index contributed by atoms with van der Waals surface area (Å²) in [6.07, 6.45) is 6.19. The molecule has 10 nitrogen and oxygen atoms in total. The first-order valence-corrected chi connectivity index (χ1v) is 10.3.